The van der Waals surface area contributed by atoms with Gasteiger partial charge in [0.1, 0.15) is 0 Å². The number of Topliss-reactive ketones (excluding diaryl/α,β-unsaturated/α-hetero) is 2. The molecule has 2 N–H and O–H groups in total. The summed E-state index contributed by atoms with van der Waals surface area (Å²) in [6.45, 7) is 0. The van der Waals surface area contributed by atoms with E-state index in [-0.39, 0.29) is 29.7 Å². The van der Waals surface area contributed by atoms with E-state index in [1.54, 1.807) is 36.7 Å². The SMILES string of the molecule is Nc1nnc2nc(CC(=O)c3ccncc3)/c(=C/C(=O)c3ccncc3)n12. The van der Waals surface area contributed by atoms with Gasteiger partial charge < -0.3 is 5.73 Å². The van der Waals surface area contributed by atoms with Gasteiger partial charge in [0.15, 0.2) is 11.6 Å². The number of imidazole rings is 1. The minimum absolute atomic E-state index is 0.0116. The maximum absolute atomic E-state index is 12.6. The number of anilines is 1. The molecule has 0 aromatic carbocycles. The highest BCUT2D eigenvalue weighted by Crippen LogP contribution is 2.07. The van der Waals surface area contributed by atoms with Gasteiger partial charge in [-0.15, -0.1) is 10.2 Å². The molecule has 0 spiro atoms. The molecule has 132 valence electrons. The molecule has 9 heteroatoms. The molecule has 0 saturated heterocycles. The number of carbonyl (C=O) groups excluding carboxylic acids is 2. The lowest BCUT2D eigenvalue weighted by molar-refractivity contribution is 0.0990. The molecule has 9 nitrogen and oxygen atoms in total. The van der Waals surface area contributed by atoms with Crippen LogP contribution in [0.3, 0.4) is 0 Å². The number of fused-ring (bicyclic) bond motifs is 1. The molecule has 0 unspecified atom stereocenters. The molecular formula is C18H13N7O2. The van der Waals surface area contributed by atoms with Crippen molar-refractivity contribution in [2.75, 3.05) is 5.73 Å². The summed E-state index contributed by atoms with van der Waals surface area (Å²) < 4.78 is 1.45. The Morgan fingerprint density at radius 1 is 0.963 bits per heavy atom. The molecule has 0 radical (unpaired) electrons. The summed E-state index contributed by atoms with van der Waals surface area (Å²) in [6, 6.07) is 6.45. The molecule has 0 bridgehead atoms. The fraction of sp³-hybridized carbons (Fsp3) is 0.0556. The first-order valence-corrected chi connectivity index (χ1v) is 8.02. The lowest BCUT2D eigenvalue weighted by Gasteiger charge is -1.99. The van der Waals surface area contributed by atoms with Gasteiger partial charge in [-0.2, -0.15) is 0 Å². The molecular weight excluding hydrogens is 346 g/mol. The van der Waals surface area contributed by atoms with Crippen molar-refractivity contribution in [2.45, 2.75) is 6.42 Å². The van der Waals surface area contributed by atoms with Crippen molar-refractivity contribution < 1.29 is 9.59 Å². The summed E-state index contributed by atoms with van der Waals surface area (Å²) in [7, 11) is 0. The van der Waals surface area contributed by atoms with Crippen LogP contribution < -0.4 is 11.1 Å². The van der Waals surface area contributed by atoms with Crippen LogP contribution in [0.15, 0.2) is 49.1 Å². The van der Waals surface area contributed by atoms with Gasteiger partial charge in [0.25, 0.3) is 5.78 Å². The number of nitrogens with zero attached hydrogens (tertiary/aromatic N) is 6. The van der Waals surface area contributed by atoms with Crippen LogP contribution >= 0.6 is 0 Å². The molecule has 0 amide bonds. The minimum atomic E-state index is -0.266. The highest BCUT2D eigenvalue weighted by atomic mass is 16.1. The first-order valence-electron chi connectivity index (χ1n) is 8.02. The van der Waals surface area contributed by atoms with Crippen LogP contribution in [0.25, 0.3) is 11.9 Å². The van der Waals surface area contributed by atoms with E-state index >= 15 is 0 Å². The lowest BCUT2D eigenvalue weighted by atomic mass is 10.1. The Labute approximate surface area is 152 Å². The van der Waals surface area contributed by atoms with Crippen LogP contribution in [0.1, 0.15) is 26.4 Å². The number of nitrogen functional groups attached to an aromatic ring is 1. The Hall–Kier alpha value is -4.01. The Balaban J connectivity index is 1.80. The van der Waals surface area contributed by atoms with E-state index in [0.29, 0.717) is 22.2 Å². The molecule has 4 heterocycles. The first-order chi connectivity index (χ1) is 13.1. The van der Waals surface area contributed by atoms with E-state index in [2.05, 4.69) is 25.1 Å². The van der Waals surface area contributed by atoms with E-state index < -0.39 is 0 Å². The summed E-state index contributed by atoms with van der Waals surface area (Å²) in [5.74, 6) is -0.0965. The van der Waals surface area contributed by atoms with Crippen molar-refractivity contribution in [1.29, 1.82) is 0 Å². The zero-order valence-electron chi connectivity index (χ0n) is 14.0. The van der Waals surface area contributed by atoms with Crippen LogP contribution in [0.2, 0.25) is 0 Å². The van der Waals surface area contributed by atoms with Gasteiger partial charge in [-0.25, -0.2) is 9.38 Å². The summed E-state index contributed by atoms with van der Waals surface area (Å²) in [6.07, 6.45) is 7.51. The number of aromatic nitrogens is 6. The second kappa shape index (κ2) is 6.71. The van der Waals surface area contributed by atoms with Crippen LogP contribution in [0.5, 0.6) is 0 Å². The van der Waals surface area contributed by atoms with Crippen LogP contribution in [0.4, 0.5) is 5.95 Å². The lowest BCUT2D eigenvalue weighted by Crippen LogP contribution is -2.20. The maximum Gasteiger partial charge on any atom is 0.257 e. The predicted octanol–water partition coefficient (Wildman–Crippen LogP) is 0.304. The molecule has 0 fully saturated rings. The van der Waals surface area contributed by atoms with E-state index in [4.69, 9.17) is 5.73 Å². The van der Waals surface area contributed by atoms with Gasteiger partial charge in [-0.05, 0) is 24.3 Å². The van der Waals surface area contributed by atoms with Gasteiger partial charge >= 0.3 is 0 Å². The molecule has 0 aliphatic carbocycles. The monoisotopic (exact) mass is 359 g/mol. The largest absolute Gasteiger partial charge is 0.368 e. The average molecular weight is 359 g/mol. The normalized spacial score (nSPS) is 11.8. The molecule has 0 saturated carbocycles. The second-order valence-corrected chi connectivity index (χ2v) is 5.72. The molecule has 0 atom stereocenters. The van der Waals surface area contributed by atoms with Crippen LogP contribution in [0, 0.1) is 0 Å². The standard InChI is InChI=1S/C18H13N7O2/c19-17-23-24-18-22-13(9-15(26)11-1-5-20-6-2-11)14(25(17)18)10-16(27)12-3-7-21-8-4-12/h1-8,10H,9H2,(H2,19,23)/b14-10-. The average Bonchev–Trinajstić information content (AvgIpc) is 3.23. The highest BCUT2D eigenvalue weighted by Gasteiger charge is 2.17. The fourth-order valence-electron chi connectivity index (χ4n) is 2.69. The smallest absolute Gasteiger partial charge is 0.257 e. The second-order valence-electron chi connectivity index (χ2n) is 5.72. The van der Waals surface area contributed by atoms with Crippen molar-refractivity contribution in [1.82, 2.24) is 29.5 Å². The van der Waals surface area contributed by atoms with Crippen molar-refractivity contribution in [3.8, 4) is 0 Å². The van der Waals surface area contributed by atoms with Gasteiger partial charge in [0.2, 0.25) is 5.95 Å². The molecule has 27 heavy (non-hydrogen) atoms. The summed E-state index contributed by atoms with van der Waals surface area (Å²) >= 11 is 0. The summed E-state index contributed by atoms with van der Waals surface area (Å²) in [5, 5.41) is 8.03. The zero-order valence-corrected chi connectivity index (χ0v) is 14.0. The number of pyridine rings is 2. The third-order valence-corrected chi connectivity index (χ3v) is 4.01. The molecule has 0 aliphatic rings. The van der Waals surface area contributed by atoms with Crippen LogP contribution in [-0.4, -0.2) is 41.1 Å². The van der Waals surface area contributed by atoms with Gasteiger partial charge in [-0.3, -0.25) is 19.6 Å². The van der Waals surface area contributed by atoms with Crippen molar-refractivity contribution >= 4 is 29.4 Å². The third-order valence-electron chi connectivity index (χ3n) is 4.01. The molecule has 4 rings (SSSR count). The zero-order chi connectivity index (χ0) is 18.8. The Morgan fingerprint density at radius 3 is 2.26 bits per heavy atom. The third kappa shape index (κ3) is 3.13. The molecule has 4 aromatic heterocycles. The Kier molecular flexibility index (Phi) is 4.09. The topological polar surface area (TPSA) is 129 Å². The predicted molar refractivity (Wildman–Crippen MR) is 95.7 cm³/mol. The summed E-state index contributed by atoms with van der Waals surface area (Å²) in [4.78, 5) is 37.3. The van der Waals surface area contributed by atoms with Crippen LogP contribution in [-0.2, 0) is 6.42 Å². The number of nitrogens with two attached hydrogens (primary N) is 1. The fourth-order valence-corrected chi connectivity index (χ4v) is 2.69. The van der Waals surface area contributed by atoms with Crippen molar-refractivity contribution in [3.05, 3.63) is 71.2 Å². The Morgan fingerprint density at radius 2 is 1.59 bits per heavy atom. The number of ketones is 2. The maximum atomic E-state index is 12.6. The highest BCUT2D eigenvalue weighted by molar-refractivity contribution is 6.17. The summed E-state index contributed by atoms with van der Waals surface area (Å²) in [5.41, 5.74) is 7.22. The number of carbonyl (C=O) groups is 2. The molecule has 4 aromatic rings. The minimum Gasteiger partial charge on any atom is -0.368 e. The number of hydrogen-bond acceptors (Lipinski definition) is 8. The van der Waals surface area contributed by atoms with Gasteiger partial charge in [-0.1, -0.05) is 0 Å². The van der Waals surface area contributed by atoms with Crippen molar-refractivity contribution in [2.24, 2.45) is 0 Å². The van der Waals surface area contributed by atoms with E-state index in [0.717, 1.165) is 0 Å². The van der Waals surface area contributed by atoms with E-state index in [1.165, 1.54) is 22.9 Å². The number of rotatable bonds is 5. The van der Waals surface area contributed by atoms with Gasteiger partial charge in [0, 0.05) is 42.0 Å². The van der Waals surface area contributed by atoms with Gasteiger partial charge in [0.05, 0.1) is 17.5 Å². The first kappa shape index (κ1) is 16.5. The van der Waals surface area contributed by atoms with E-state index in [1.807, 2.05) is 0 Å². The number of hydrogen-bond donors (Lipinski definition) is 1. The van der Waals surface area contributed by atoms with Crippen molar-refractivity contribution in [3.63, 3.8) is 0 Å². The molecule has 0 aliphatic heterocycles. The Bertz CT molecular complexity index is 1190. The van der Waals surface area contributed by atoms with E-state index in [9.17, 15) is 9.59 Å². The quantitative estimate of drug-likeness (QED) is 0.504.